The van der Waals surface area contributed by atoms with Gasteiger partial charge in [-0.15, -0.1) is 0 Å². The maximum atomic E-state index is 12.3. The van der Waals surface area contributed by atoms with Crippen LogP contribution < -0.4 is 10.5 Å². The fourth-order valence-corrected chi connectivity index (χ4v) is 2.85. The van der Waals surface area contributed by atoms with Gasteiger partial charge in [0.15, 0.2) is 6.61 Å². The highest BCUT2D eigenvalue weighted by Crippen LogP contribution is 2.22. The molecular weight excluding hydrogens is 252 g/mol. The summed E-state index contributed by atoms with van der Waals surface area (Å²) >= 11 is 0. The van der Waals surface area contributed by atoms with Crippen LogP contribution in [0.2, 0.25) is 0 Å². The van der Waals surface area contributed by atoms with Crippen molar-refractivity contribution in [3.8, 4) is 5.75 Å². The van der Waals surface area contributed by atoms with Crippen LogP contribution in [0.15, 0.2) is 24.3 Å². The lowest BCUT2D eigenvalue weighted by atomic mass is 9.97. The zero-order valence-corrected chi connectivity index (χ0v) is 12.3. The molecular formula is C16H24N2O2. The molecule has 0 unspecified atom stereocenters. The third-order valence-electron chi connectivity index (χ3n) is 4.00. The zero-order chi connectivity index (χ0) is 14.5. The third kappa shape index (κ3) is 3.51. The summed E-state index contributed by atoms with van der Waals surface area (Å²) in [5.41, 5.74) is 6.61. The predicted molar refractivity (Wildman–Crippen MR) is 79.4 cm³/mol. The maximum absolute atomic E-state index is 12.3. The summed E-state index contributed by atoms with van der Waals surface area (Å²) < 4.78 is 5.59. The van der Waals surface area contributed by atoms with Crippen LogP contribution in [0.1, 0.15) is 38.7 Å². The van der Waals surface area contributed by atoms with Crippen molar-refractivity contribution in [3.63, 3.8) is 0 Å². The second-order valence-corrected chi connectivity index (χ2v) is 5.57. The Morgan fingerprint density at radius 1 is 1.25 bits per heavy atom. The molecule has 1 aliphatic heterocycles. The number of piperidine rings is 1. The molecule has 1 amide bonds. The average Bonchev–Trinajstić information content (AvgIpc) is 2.45. The Hall–Kier alpha value is -1.55. The largest absolute Gasteiger partial charge is 0.484 e. The third-order valence-corrected chi connectivity index (χ3v) is 4.00. The van der Waals surface area contributed by atoms with E-state index in [1.54, 1.807) is 0 Å². The van der Waals surface area contributed by atoms with Crippen LogP contribution in [-0.2, 0) is 11.3 Å². The van der Waals surface area contributed by atoms with Crippen LogP contribution in [0, 0.1) is 0 Å². The van der Waals surface area contributed by atoms with Gasteiger partial charge < -0.3 is 15.4 Å². The van der Waals surface area contributed by atoms with E-state index in [0.717, 1.165) is 18.4 Å². The van der Waals surface area contributed by atoms with Gasteiger partial charge >= 0.3 is 0 Å². The van der Waals surface area contributed by atoms with Crippen molar-refractivity contribution < 1.29 is 9.53 Å². The molecule has 0 aromatic heterocycles. The topological polar surface area (TPSA) is 55.6 Å². The molecule has 1 aromatic carbocycles. The minimum absolute atomic E-state index is 0.0765. The Bertz CT molecular complexity index is 434. The highest BCUT2D eigenvalue weighted by atomic mass is 16.5. The van der Waals surface area contributed by atoms with E-state index in [4.69, 9.17) is 10.5 Å². The monoisotopic (exact) mass is 276 g/mol. The van der Waals surface area contributed by atoms with Crippen molar-refractivity contribution in [2.75, 3.05) is 6.61 Å². The highest BCUT2D eigenvalue weighted by Gasteiger charge is 2.28. The van der Waals surface area contributed by atoms with Crippen LogP contribution in [0.3, 0.4) is 0 Å². The van der Waals surface area contributed by atoms with Gasteiger partial charge in [-0.1, -0.05) is 12.1 Å². The summed E-state index contributed by atoms with van der Waals surface area (Å²) in [6, 6.07) is 8.19. The van der Waals surface area contributed by atoms with Crippen LogP contribution in [0.5, 0.6) is 5.75 Å². The van der Waals surface area contributed by atoms with Crippen LogP contribution in [0.4, 0.5) is 0 Å². The van der Waals surface area contributed by atoms with E-state index in [-0.39, 0.29) is 12.5 Å². The molecule has 0 radical (unpaired) electrons. The van der Waals surface area contributed by atoms with Gasteiger partial charge in [0, 0.05) is 18.6 Å². The number of nitrogens with zero attached hydrogens (tertiary/aromatic N) is 1. The molecule has 1 aromatic rings. The molecule has 110 valence electrons. The van der Waals surface area contributed by atoms with E-state index < -0.39 is 0 Å². The first-order valence-electron chi connectivity index (χ1n) is 7.34. The van der Waals surface area contributed by atoms with Crippen molar-refractivity contribution >= 4 is 5.91 Å². The quantitative estimate of drug-likeness (QED) is 0.918. The second kappa shape index (κ2) is 6.75. The van der Waals surface area contributed by atoms with E-state index in [0.29, 0.717) is 24.4 Å². The highest BCUT2D eigenvalue weighted by molar-refractivity contribution is 5.78. The van der Waals surface area contributed by atoms with Crippen LogP contribution >= 0.6 is 0 Å². The van der Waals surface area contributed by atoms with Crippen molar-refractivity contribution in [2.24, 2.45) is 5.73 Å². The number of ether oxygens (including phenoxy) is 1. The number of benzene rings is 1. The molecule has 4 heteroatoms. The Morgan fingerprint density at radius 2 is 1.85 bits per heavy atom. The molecule has 0 aliphatic carbocycles. The molecule has 1 heterocycles. The summed E-state index contributed by atoms with van der Waals surface area (Å²) in [7, 11) is 0. The second-order valence-electron chi connectivity index (χ2n) is 5.57. The first-order valence-corrected chi connectivity index (χ1v) is 7.34. The van der Waals surface area contributed by atoms with Crippen molar-refractivity contribution in [3.05, 3.63) is 29.8 Å². The van der Waals surface area contributed by atoms with E-state index >= 15 is 0 Å². The maximum Gasteiger partial charge on any atom is 0.260 e. The normalized spacial score (nSPS) is 22.6. The Balaban J connectivity index is 1.90. The smallest absolute Gasteiger partial charge is 0.260 e. The molecule has 20 heavy (non-hydrogen) atoms. The molecule has 2 atom stereocenters. The lowest BCUT2D eigenvalue weighted by molar-refractivity contribution is -0.139. The Kier molecular flexibility index (Phi) is 5.01. The van der Waals surface area contributed by atoms with Gasteiger partial charge in [0.2, 0.25) is 0 Å². The number of carbonyl (C=O) groups is 1. The summed E-state index contributed by atoms with van der Waals surface area (Å²) in [4.78, 5) is 14.3. The van der Waals surface area contributed by atoms with Gasteiger partial charge in [-0.3, -0.25) is 4.79 Å². The minimum atomic E-state index is 0.0765. The first kappa shape index (κ1) is 14.9. The number of carbonyl (C=O) groups excluding carboxylic acids is 1. The number of rotatable bonds is 4. The number of nitrogens with two attached hydrogens (primary N) is 1. The molecule has 2 rings (SSSR count). The van der Waals surface area contributed by atoms with Gasteiger partial charge in [0.1, 0.15) is 5.75 Å². The molecule has 1 fully saturated rings. The van der Waals surface area contributed by atoms with Gasteiger partial charge in [0.25, 0.3) is 5.91 Å². The van der Waals surface area contributed by atoms with Crippen molar-refractivity contribution in [1.29, 1.82) is 0 Å². The average molecular weight is 276 g/mol. The van der Waals surface area contributed by atoms with E-state index in [2.05, 4.69) is 13.8 Å². The van der Waals surface area contributed by atoms with Crippen molar-refractivity contribution in [2.45, 2.75) is 51.7 Å². The SMILES string of the molecule is C[C@@H]1CCC[C@H](C)N1C(=O)COc1ccc(CN)cc1. The summed E-state index contributed by atoms with van der Waals surface area (Å²) in [5.74, 6) is 0.792. The number of likely N-dealkylation sites (tertiary alicyclic amines) is 1. The molecule has 0 saturated carbocycles. The lowest BCUT2D eigenvalue weighted by Crippen LogP contribution is -2.49. The van der Waals surface area contributed by atoms with Crippen LogP contribution in [-0.4, -0.2) is 29.5 Å². The fourth-order valence-electron chi connectivity index (χ4n) is 2.85. The number of amides is 1. The van der Waals surface area contributed by atoms with Crippen molar-refractivity contribution in [1.82, 2.24) is 4.90 Å². The summed E-state index contributed by atoms with van der Waals surface area (Å²) in [5, 5.41) is 0. The Labute approximate surface area is 120 Å². The van der Waals surface area contributed by atoms with Gasteiger partial charge in [0.05, 0.1) is 0 Å². The molecule has 1 aliphatic rings. The molecule has 1 saturated heterocycles. The van der Waals surface area contributed by atoms with Gasteiger partial charge in [-0.25, -0.2) is 0 Å². The van der Waals surface area contributed by atoms with E-state index in [9.17, 15) is 4.79 Å². The predicted octanol–water partition coefficient (Wildman–Crippen LogP) is 2.31. The molecule has 2 N–H and O–H groups in total. The van der Waals surface area contributed by atoms with Gasteiger partial charge in [-0.2, -0.15) is 0 Å². The first-order chi connectivity index (χ1) is 9.61. The molecule has 4 nitrogen and oxygen atoms in total. The van der Waals surface area contributed by atoms with Crippen LogP contribution in [0.25, 0.3) is 0 Å². The zero-order valence-electron chi connectivity index (χ0n) is 12.3. The van der Waals surface area contributed by atoms with E-state index in [1.807, 2.05) is 29.2 Å². The van der Waals surface area contributed by atoms with E-state index in [1.165, 1.54) is 6.42 Å². The number of hydrogen-bond donors (Lipinski definition) is 1. The Morgan fingerprint density at radius 3 is 2.40 bits per heavy atom. The van der Waals surface area contributed by atoms with Gasteiger partial charge in [-0.05, 0) is 50.8 Å². The lowest BCUT2D eigenvalue weighted by Gasteiger charge is -2.38. The number of hydrogen-bond acceptors (Lipinski definition) is 3. The minimum Gasteiger partial charge on any atom is -0.484 e. The fraction of sp³-hybridized carbons (Fsp3) is 0.562. The molecule has 0 spiro atoms. The standard InChI is InChI=1S/C16H24N2O2/c1-12-4-3-5-13(2)18(12)16(19)11-20-15-8-6-14(10-17)7-9-15/h6-9,12-13H,3-5,10-11,17H2,1-2H3/t12-,13+. The summed E-state index contributed by atoms with van der Waals surface area (Å²) in [6.45, 7) is 4.85. The molecule has 0 bridgehead atoms. The summed E-state index contributed by atoms with van der Waals surface area (Å²) in [6.07, 6.45) is 3.37.